The third-order valence-corrected chi connectivity index (χ3v) is 10.2. The van der Waals surface area contributed by atoms with E-state index in [2.05, 4.69) is 16.1 Å². The highest BCUT2D eigenvalue weighted by Crippen LogP contribution is 2.24. The molecule has 0 aromatic heterocycles. The predicted octanol–water partition coefficient (Wildman–Crippen LogP) is 5.72. The highest BCUT2D eigenvalue weighted by atomic mass is 32.2. The van der Waals surface area contributed by atoms with Crippen LogP contribution in [0.3, 0.4) is 0 Å². The predicted molar refractivity (Wildman–Crippen MR) is 180 cm³/mol. The summed E-state index contributed by atoms with van der Waals surface area (Å²) in [7, 11) is -1.93. The van der Waals surface area contributed by atoms with Crippen molar-refractivity contribution >= 4 is 21.8 Å². The zero-order valence-corrected chi connectivity index (χ0v) is 27.4. The Morgan fingerprint density at radius 2 is 1.61 bits per heavy atom. The minimum absolute atomic E-state index is 0.0318. The van der Waals surface area contributed by atoms with E-state index in [0.717, 1.165) is 54.5 Å². The minimum Gasteiger partial charge on any atom is -0.497 e. The van der Waals surface area contributed by atoms with E-state index >= 15 is 0 Å². The molecule has 9 heteroatoms. The Hall–Kier alpha value is -3.95. The minimum atomic E-state index is -3.55. The van der Waals surface area contributed by atoms with Gasteiger partial charge in [0.25, 0.3) is 0 Å². The summed E-state index contributed by atoms with van der Waals surface area (Å²) in [5.74, 6) is 0.406. The van der Waals surface area contributed by atoms with Crippen LogP contribution in [0.25, 0.3) is 0 Å². The van der Waals surface area contributed by atoms with Crippen molar-refractivity contribution in [2.24, 2.45) is 0 Å². The molecule has 2 amide bonds. The first kappa shape index (κ1) is 33.4. The van der Waals surface area contributed by atoms with Gasteiger partial charge in [0.2, 0.25) is 21.8 Å². The van der Waals surface area contributed by atoms with Crippen LogP contribution in [0.15, 0.2) is 95.4 Å². The maximum Gasteiger partial charge on any atom is 0.243 e. The van der Waals surface area contributed by atoms with Crippen LogP contribution in [0.5, 0.6) is 5.75 Å². The molecule has 3 aromatic carbocycles. The third kappa shape index (κ3) is 9.77. The van der Waals surface area contributed by atoms with Crippen molar-refractivity contribution in [1.29, 1.82) is 0 Å². The summed E-state index contributed by atoms with van der Waals surface area (Å²) in [5.41, 5.74) is 4.11. The third-order valence-electron chi connectivity index (χ3n) is 8.67. The SMILES string of the molecule is COc1ccc(CN(C(=O)CCc2ccc(S(=O)(=O)NC3CC3)cc2)[C@@H](Cc2ccccc2)C(=O)NCCC2=CCCCC2)cc1. The molecule has 0 spiro atoms. The van der Waals surface area contributed by atoms with E-state index in [1.165, 1.54) is 18.4 Å². The Bertz CT molecular complexity index is 1580. The van der Waals surface area contributed by atoms with Crippen LogP contribution in [0, 0.1) is 0 Å². The van der Waals surface area contributed by atoms with E-state index in [1.54, 1.807) is 36.3 Å². The quantitative estimate of drug-likeness (QED) is 0.195. The molecule has 3 aromatic rings. The monoisotopic (exact) mass is 643 g/mol. The average molecular weight is 644 g/mol. The number of allylic oxidation sites excluding steroid dienone is 1. The molecule has 0 heterocycles. The second-order valence-electron chi connectivity index (χ2n) is 12.3. The van der Waals surface area contributed by atoms with Gasteiger partial charge >= 0.3 is 0 Å². The Balaban J connectivity index is 1.33. The zero-order valence-electron chi connectivity index (χ0n) is 26.6. The van der Waals surface area contributed by atoms with Crippen molar-refractivity contribution in [3.05, 3.63) is 107 Å². The van der Waals surface area contributed by atoms with E-state index in [-0.39, 0.29) is 35.7 Å². The summed E-state index contributed by atoms with van der Waals surface area (Å²) in [6, 6.07) is 23.4. The number of nitrogens with one attached hydrogen (secondary N) is 2. The van der Waals surface area contributed by atoms with Crippen molar-refractivity contribution in [3.63, 3.8) is 0 Å². The molecule has 2 aliphatic rings. The lowest BCUT2D eigenvalue weighted by molar-refractivity contribution is -0.141. The number of ether oxygens (including phenoxy) is 1. The Morgan fingerprint density at radius 1 is 0.891 bits per heavy atom. The van der Waals surface area contributed by atoms with Gasteiger partial charge in [-0.1, -0.05) is 66.2 Å². The molecule has 0 aliphatic heterocycles. The number of amides is 2. The van der Waals surface area contributed by atoms with Crippen LogP contribution >= 0.6 is 0 Å². The standard InChI is InChI=1S/C37H45N3O5S/c1-45-33-19-12-31(13-20-33)27-40(36(41)23-16-29-14-21-34(22-15-29)46(43,44)39-32-17-18-32)35(26-30-10-6-3-7-11-30)37(42)38-25-24-28-8-4-2-5-9-28/h3,6-8,10-15,19-22,32,35,39H,2,4-5,9,16-18,23-27H2,1H3,(H,38,42)/t35-/m0/s1. The number of carbonyl (C=O) groups excluding carboxylic acids is 2. The van der Waals surface area contributed by atoms with Crippen molar-refractivity contribution in [3.8, 4) is 5.75 Å². The van der Waals surface area contributed by atoms with Gasteiger partial charge < -0.3 is 15.0 Å². The number of benzene rings is 3. The molecule has 2 aliphatic carbocycles. The van der Waals surface area contributed by atoms with E-state index < -0.39 is 16.1 Å². The first-order valence-electron chi connectivity index (χ1n) is 16.3. The highest BCUT2D eigenvalue weighted by Gasteiger charge is 2.31. The van der Waals surface area contributed by atoms with Crippen molar-refractivity contribution in [1.82, 2.24) is 14.9 Å². The van der Waals surface area contributed by atoms with Gasteiger partial charge in [0.1, 0.15) is 11.8 Å². The number of rotatable bonds is 16. The molecule has 1 saturated carbocycles. The van der Waals surface area contributed by atoms with E-state index in [4.69, 9.17) is 4.74 Å². The van der Waals surface area contributed by atoms with Crippen LogP contribution in [-0.2, 0) is 39.0 Å². The van der Waals surface area contributed by atoms with Crippen LogP contribution in [0.1, 0.15) is 68.1 Å². The maximum absolute atomic E-state index is 14.1. The second kappa shape index (κ2) is 16.1. The molecular weight excluding hydrogens is 598 g/mol. The Kier molecular flexibility index (Phi) is 11.7. The number of aryl methyl sites for hydroxylation is 1. The second-order valence-corrected chi connectivity index (χ2v) is 14.0. The molecule has 1 atom stereocenters. The van der Waals surface area contributed by atoms with Gasteiger partial charge in [-0.05, 0) is 92.3 Å². The molecule has 0 saturated heterocycles. The van der Waals surface area contributed by atoms with Gasteiger partial charge in [-0.3, -0.25) is 9.59 Å². The molecule has 0 unspecified atom stereocenters. The normalized spacial score (nSPS) is 15.5. The summed E-state index contributed by atoms with van der Waals surface area (Å²) in [6.45, 7) is 0.800. The first-order chi connectivity index (χ1) is 22.3. The number of hydrogen-bond acceptors (Lipinski definition) is 5. The summed E-state index contributed by atoms with van der Waals surface area (Å²) in [4.78, 5) is 29.9. The van der Waals surface area contributed by atoms with Crippen LogP contribution in [-0.4, -0.2) is 50.9 Å². The smallest absolute Gasteiger partial charge is 0.243 e. The fraction of sp³-hybridized carbons (Fsp3) is 0.405. The van der Waals surface area contributed by atoms with Gasteiger partial charge in [-0.2, -0.15) is 0 Å². The molecule has 46 heavy (non-hydrogen) atoms. The molecule has 1 fully saturated rings. The lowest BCUT2D eigenvalue weighted by Gasteiger charge is -2.32. The van der Waals surface area contributed by atoms with E-state index in [1.807, 2.05) is 54.6 Å². The van der Waals surface area contributed by atoms with Gasteiger partial charge in [-0.15, -0.1) is 0 Å². The van der Waals surface area contributed by atoms with Crippen molar-refractivity contribution < 1.29 is 22.7 Å². The van der Waals surface area contributed by atoms with Crippen LogP contribution in [0.4, 0.5) is 0 Å². The lowest BCUT2D eigenvalue weighted by atomic mass is 9.97. The maximum atomic E-state index is 14.1. The Morgan fingerprint density at radius 3 is 2.26 bits per heavy atom. The zero-order chi connectivity index (χ0) is 32.4. The van der Waals surface area contributed by atoms with Gasteiger partial charge in [-0.25, -0.2) is 13.1 Å². The number of carbonyl (C=O) groups is 2. The molecule has 5 rings (SSSR count). The fourth-order valence-corrected chi connectivity index (χ4v) is 7.10. The summed E-state index contributed by atoms with van der Waals surface area (Å²) in [5, 5.41) is 3.15. The number of sulfonamides is 1. The number of nitrogens with zero attached hydrogens (tertiary/aromatic N) is 1. The molecule has 0 bridgehead atoms. The molecule has 244 valence electrons. The summed E-state index contributed by atoms with van der Waals surface area (Å²) in [6.07, 6.45) is 10.4. The fourth-order valence-electron chi connectivity index (χ4n) is 5.80. The summed E-state index contributed by atoms with van der Waals surface area (Å²) < 4.78 is 33.2. The van der Waals surface area contributed by atoms with Gasteiger partial charge in [0.05, 0.1) is 12.0 Å². The first-order valence-corrected chi connectivity index (χ1v) is 17.8. The van der Waals surface area contributed by atoms with E-state index in [9.17, 15) is 18.0 Å². The topological polar surface area (TPSA) is 105 Å². The largest absolute Gasteiger partial charge is 0.497 e. The average Bonchev–Trinajstić information content (AvgIpc) is 3.90. The molecule has 0 radical (unpaired) electrons. The van der Waals surface area contributed by atoms with Gasteiger partial charge in [0.15, 0.2) is 0 Å². The van der Waals surface area contributed by atoms with Crippen molar-refractivity contribution in [2.45, 2.75) is 87.7 Å². The van der Waals surface area contributed by atoms with Crippen LogP contribution < -0.4 is 14.8 Å². The summed E-state index contributed by atoms with van der Waals surface area (Å²) >= 11 is 0. The highest BCUT2D eigenvalue weighted by molar-refractivity contribution is 7.89. The van der Waals surface area contributed by atoms with Gasteiger partial charge in [0, 0.05) is 32.0 Å². The Labute approximate surface area is 273 Å². The van der Waals surface area contributed by atoms with Crippen molar-refractivity contribution in [2.75, 3.05) is 13.7 Å². The number of methoxy groups -OCH3 is 1. The molecule has 2 N–H and O–H groups in total. The number of hydrogen-bond donors (Lipinski definition) is 2. The molecular formula is C37H45N3O5S. The van der Waals surface area contributed by atoms with E-state index in [0.29, 0.717) is 19.4 Å². The van der Waals surface area contributed by atoms with Crippen LogP contribution in [0.2, 0.25) is 0 Å². The lowest BCUT2D eigenvalue weighted by Crippen LogP contribution is -2.50. The molecule has 8 nitrogen and oxygen atoms in total.